The zero-order chi connectivity index (χ0) is 37.0. The summed E-state index contributed by atoms with van der Waals surface area (Å²) in [5.41, 5.74) is 12.1. The SMILES string of the molecule is c1ccc(-c2ccccc2N(c2ccc(-c3ccc4c(ccc5ccccc54)c3)cc2)c2ccccc2-c2ccc3oc4cc5ccccc5cc4c3c2)cc1. The van der Waals surface area contributed by atoms with Crippen molar-refractivity contribution in [2.75, 3.05) is 4.90 Å². The van der Waals surface area contributed by atoms with Crippen LogP contribution in [0.5, 0.6) is 0 Å². The van der Waals surface area contributed by atoms with E-state index in [2.05, 4.69) is 217 Å². The number of hydrogen-bond acceptors (Lipinski definition) is 2. The number of para-hydroxylation sites is 2. The Bertz CT molecular complexity index is 3250. The Labute approximate surface area is 325 Å². The summed E-state index contributed by atoms with van der Waals surface area (Å²) in [6.07, 6.45) is 0. The lowest BCUT2D eigenvalue weighted by Gasteiger charge is -2.30. The van der Waals surface area contributed by atoms with Crippen molar-refractivity contribution < 1.29 is 4.42 Å². The topological polar surface area (TPSA) is 16.4 Å². The Balaban J connectivity index is 1.07. The molecule has 2 heteroatoms. The van der Waals surface area contributed by atoms with Crippen molar-refractivity contribution in [3.05, 3.63) is 212 Å². The molecule has 11 rings (SSSR count). The Morgan fingerprint density at radius 3 is 1.64 bits per heavy atom. The first-order valence-corrected chi connectivity index (χ1v) is 19.2. The van der Waals surface area contributed by atoms with Gasteiger partial charge in [0.2, 0.25) is 0 Å². The average Bonchev–Trinajstić information content (AvgIpc) is 3.63. The molecule has 1 aromatic heterocycles. The number of nitrogens with zero attached hydrogens (tertiary/aromatic N) is 1. The predicted molar refractivity (Wildman–Crippen MR) is 237 cm³/mol. The maximum atomic E-state index is 6.41. The Kier molecular flexibility index (Phi) is 7.53. The van der Waals surface area contributed by atoms with Gasteiger partial charge in [0, 0.05) is 27.6 Å². The fourth-order valence-electron chi connectivity index (χ4n) is 8.48. The molecule has 0 N–H and O–H groups in total. The van der Waals surface area contributed by atoms with Gasteiger partial charge in [0.05, 0.1) is 11.4 Å². The van der Waals surface area contributed by atoms with E-state index in [9.17, 15) is 0 Å². The lowest BCUT2D eigenvalue weighted by molar-refractivity contribution is 0.669. The van der Waals surface area contributed by atoms with Crippen LogP contribution in [0.3, 0.4) is 0 Å². The van der Waals surface area contributed by atoms with Gasteiger partial charge in [0.25, 0.3) is 0 Å². The fraction of sp³-hybridized carbons (Fsp3) is 0. The summed E-state index contributed by atoms with van der Waals surface area (Å²) < 4.78 is 6.41. The predicted octanol–water partition coefficient (Wildman–Crippen LogP) is 15.5. The van der Waals surface area contributed by atoms with Gasteiger partial charge >= 0.3 is 0 Å². The van der Waals surface area contributed by atoms with E-state index in [1.807, 2.05) is 0 Å². The van der Waals surface area contributed by atoms with Crippen LogP contribution in [0.1, 0.15) is 0 Å². The van der Waals surface area contributed by atoms with Crippen LogP contribution in [0.2, 0.25) is 0 Å². The smallest absolute Gasteiger partial charge is 0.136 e. The van der Waals surface area contributed by atoms with Crippen LogP contribution in [0.15, 0.2) is 217 Å². The van der Waals surface area contributed by atoms with Gasteiger partial charge in [-0.15, -0.1) is 0 Å². The maximum Gasteiger partial charge on any atom is 0.136 e. The first-order chi connectivity index (χ1) is 27.7. The van der Waals surface area contributed by atoms with Gasteiger partial charge in [-0.1, -0.05) is 158 Å². The molecule has 2 nitrogen and oxygen atoms in total. The molecule has 0 saturated heterocycles. The lowest BCUT2D eigenvalue weighted by atomic mass is 9.96. The molecule has 56 heavy (non-hydrogen) atoms. The zero-order valence-corrected chi connectivity index (χ0v) is 30.6. The molecule has 11 aromatic rings. The second-order valence-electron chi connectivity index (χ2n) is 14.5. The summed E-state index contributed by atoms with van der Waals surface area (Å²) in [5, 5.41) is 9.69. The highest BCUT2D eigenvalue weighted by molar-refractivity contribution is 6.12. The van der Waals surface area contributed by atoms with E-state index >= 15 is 0 Å². The van der Waals surface area contributed by atoms with Crippen LogP contribution in [-0.4, -0.2) is 0 Å². The third-order valence-corrected chi connectivity index (χ3v) is 11.2. The Hall–Kier alpha value is -7.42. The van der Waals surface area contributed by atoms with Gasteiger partial charge in [-0.25, -0.2) is 0 Å². The van der Waals surface area contributed by atoms with Gasteiger partial charge in [-0.05, 0) is 109 Å². The molecule has 0 fully saturated rings. The molecule has 0 radical (unpaired) electrons. The van der Waals surface area contributed by atoms with E-state index in [1.165, 1.54) is 49.0 Å². The van der Waals surface area contributed by atoms with Crippen molar-refractivity contribution in [3.8, 4) is 33.4 Å². The summed E-state index contributed by atoms with van der Waals surface area (Å²) in [7, 11) is 0. The second kappa shape index (κ2) is 13.2. The van der Waals surface area contributed by atoms with Gasteiger partial charge < -0.3 is 9.32 Å². The van der Waals surface area contributed by atoms with Crippen LogP contribution in [0, 0.1) is 0 Å². The molecule has 0 atom stereocenters. The number of rotatable bonds is 6. The van der Waals surface area contributed by atoms with Crippen molar-refractivity contribution in [1.29, 1.82) is 0 Å². The van der Waals surface area contributed by atoms with Gasteiger partial charge in [0.15, 0.2) is 0 Å². The van der Waals surface area contributed by atoms with Crippen LogP contribution in [0.25, 0.3) is 87.6 Å². The van der Waals surface area contributed by atoms with Gasteiger partial charge in [-0.2, -0.15) is 0 Å². The molecule has 0 aliphatic rings. The van der Waals surface area contributed by atoms with Crippen molar-refractivity contribution in [2.45, 2.75) is 0 Å². The summed E-state index contributed by atoms with van der Waals surface area (Å²) in [6.45, 7) is 0. The van der Waals surface area contributed by atoms with E-state index < -0.39 is 0 Å². The minimum absolute atomic E-state index is 0.889. The zero-order valence-electron chi connectivity index (χ0n) is 30.6. The van der Waals surface area contributed by atoms with E-state index in [0.717, 1.165) is 55.7 Å². The fourth-order valence-corrected chi connectivity index (χ4v) is 8.48. The van der Waals surface area contributed by atoms with Crippen LogP contribution >= 0.6 is 0 Å². The lowest BCUT2D eigenvalue weighted by Crippen LogP contribution is -2.12. The van der Waals surface area contributed by atoms with E-state index in [1.54, 1.807) is 0 Å². The molecular weight excluding hydrogens is 679 g/mol. The highest BCUT2D eigenvalue weighted by atomic mass is 16.3. The van der Waals surface area contributed by atoms with Crippen molar-refractivity contribution in [3.63, 3.8) is 0 Å². The Morgan fingerprint density at radius 1 is 0.286 bits per heavy atom. The molecular formula is C54H35NO. The standard InChI is InChI=1S/C54H35NO/c1-2-12-37(13-3-1)47-18-8-10-20-51(47)55(44-28-24-36(25-29-44)41-26-30-46-42(32-41)23-22-38-14-6-7-17-45(38)46)52-21-11-9-19-48(52)43-27-31-53-49(34-43)50-33-39-15-4-5-16-40(39)35-54(50)56-53/h1-35H. The molecule has 0 saturated carbocycles. The normalized spacial score (nSPS) is 11.6. The first-order valence-electron chi connectivity index (χ1n) is 19.2. The molecule has 0 amide bonds. The van der Waals surface area contributed by atoms with Crippen molar-refractivity contribution >= 4 is 71.3 Å². The second-order valence-corrected chi connectivity index (χ2v) is 14.5. The van der Waals surface area contributed by atoms with Gasteiger partial charge in [-0.3, -0.25) is 0 Å². The minimum atomic E-state index is 0.889. The average molecular weight is 714 g/mol. The summed E-state index contributed by atoms with van der Waals surface area (Å²) in [6, 6.07) is 76.6. The number of furan rings is 1. The molecule has 262 valence electrons. The van der Waals surface area contributed by atoms with Crippen LogP contribution in [-0.2, 0) is 0 Å². The number of benzene rings is 10. The van der Waals surface area contributed by atoms with Crippen LogP contribution < -0.4 is 4.90 Å². The van der Waals surface area contributed by atoms with Gasteiger partial charge in [0.1, 0.15) is 11.2 Å². The van der Waals surface area contributed by atoms with E-state index in [-0.39, 0.29) is 0 Å². The minimum Gasteiger partial charge on any atom is -0.456 e. The highest BCUT2D eigenvalue weighted by Gasteiger charge is 2.21. The molecule has 0 unspecified atom stereocenters. The number of hydrogen-bond donors (Lipinski definition) is 0. The summed E-state index contributed by atoms with van der Waals surface area (Å²) in [5.74, 6) is 0. The molecule has 0 bridgehead atoms. The molecule has 0 aliphatic heterocycles. The number of anilines is 3. The monoisotopic (exact) mass is 713 g/mol. The maximum absolute atomic E-state index is 6.41. The molecule has 0 aliphatic carbocycles. The largest absolute Gasteiger partial charge is 0.456 e. The third-order valence-electron chi connectivity index (χ3n) is 11.2. The van der Waals surface area contributed by atoms with Crippen molar-refractivity contribution in [2.24, 2.45) is 0 Å². The molecule has 0 spiro atoms. The van der Waals surface area contributed by atoms with Crippen molar-refractivity contribution in [1.82, 2.24) is 0 Å². The third kappa shape index (κ3) is 5.42. The summed E-state index contributed by atoms with van der Waals surface area (Å²) in [4.78, 5) is 2.42. The Morgan fingerprint density at radius 2 is 0.857 bits per heavy atom. The molecule has 10 aromatic carbocycles. The quantitative estimate of drug-likeness (QED) is 0.160. The van der Waals surface area contributed by atoms with Crippen LogP contribution in [0.4, 0.5) is 17.1 Å². The molecule has 1 heterocycles. The van der Waals surface area contributed by atoms with E-state index in [0.29, 0.717) is 0 Å². The van der Waals surface area contributed by atoms with E-state index in [4.69, 9.17) is 4.42 Å². The summed E-state index contributed by atoms with van der Waals surface area (Å²) >= 11 is 0. The number of fused-ring (bicyclic) bond motifs is 7. The first kappa shape index (κ1) is 32.0. The highest BCUT2D eigenvalue weighted by Crippen LogP contribution is 2.46.